The quantitative estimate of drug-likeness (QED) is 0.769. The zero-order chi connectivity index (χ0) is 10.6. The summed E-state index contributed by atoms with van der Waals surface area (Å²) in [5, 5.41) is 13.1. The standard InChI is InChI=1S/C10H19N3O/c1-8(2)5-13-10(11-7-12-13)4-9(3)6-14/h7-9,14H,4-6H2,1-3H3. The minimum absolute atomic E-state index is 0.203. The maximum absolute atomic E-state index is 8.95. The molecule has 0 fully saturated rings. The SMILES string of the molecule is CC(C)Cn1ncnc1CC(C)CO. The minimum atomic E-state index is 0.203. The second kappa shape index (κ2) is 5.10. The lowest BCUT2D eigenvalue weighted by Gasteiger charge is -2.10. The molecule has 1 N–H and O–H groups in total. The molecule has 0 radical (unpaired) electrons. The third-order valence-corrected chi connectivity index (χ3v) is 2.08. The molecule has 1 rings (SSSR count). The van der Waals surface area contributed by atoms with Crippen LogP contribution in [0.4, 0.5) is 0 Å². The molecule has 0 aromatic carbocycles. The second-order valence-electron chi connectivity index (χ2n) is 4.24. The zero-order valence-electron chi connectivity index (χ0n) is 9.14. The van der Waals surface area contributed by atoms with Crippen LogP contribution in [-0.4, -0.2) is 26.5 Å². The van der Waals surface area contributed by atoms with Crippen LogP contribution >= 0.6 is 0 Å². The van der Waals surface area contributed by atoms with Crippen molar-refractivity contribution in [2.24, 2.45) is 11.8 Å². The third-order valence-electron chi connectivity index (χ3n) is 2.08. The maximum atomic E-state index is 8.95. The van der Waals surface area contributed by atoms with E-state index in [-0.39, 0.29) is 12.5 Å². The van der Waals surface area contributed by atoms with Crippen LogP contribution in [0.5, 0.6) is 0 Å². The topological polar surface area (TPSA) is 50.9 Å². The Kier molecular flexibility index (Phi) is 4.07. The first-order valence-corrected chi connectivity index (χ1v) is 5.11. The number of nitrogens with zero attached hydrogens (tertiary/aromatic N) is 3. The van der Waals surface area contributed by atoms with Gasteiger partial charge < -0.3 is 5.11 Å². The predicted octanol–water partition coefficient (Wildman–Crippen LogP) is 1.10. The lowest BCUT2D eigenvalue weighted by molar-refractivity contribution is 0.233. The third kappa shape index (κ3) is 3.10. The van der Waals surface area contributed by atoms with E-state index in [9.17, 15) is 0 Å². The lowest BCUT2D eigenvalue weighted by Crippen LogP contribution is -2.14. The van der Waals surface area contributed by atoms with E-state index in [1.165, 1.54) is 0 Å². The molecule has 0 saturated heterocycles. The first kappa shape index (κ1) is 11.2. The molecule has 1 atom stereocenters. The van der Waals surface area contributed by atoms with Crippen LogP contribution in [0.25, 0.3) is 0 Å². The number of rotatable bonds is 5. The summed E-state index contributed by atoms with van der Waals surface area (Å²) in [5.74, 6) is 1.80. The predicted molar refractivity (Wildman–Crippen MR) is 54.8 cm³/mol. The van der Waals surface area contributed by atoms with Crippen LogP contribution in [0.3, 0.4) is 0 Å². The Balaban J connectivity index is 2.62. The molecule has 4 heteroatoms. The Labute approximate surface area is 85.0 Å². The highest BCUT2D eigenvalue weighted by molar-refractivity contribution is 4.86. The Morgan fingerprint density at radius 1 is 1.43 bits per heavy atom. The van der Waals surface area contributed by atoms with Gasteiger partial charge in [0.1, 0.15) is 12.2 Å². The van der Waals surface area contributed by atoms with E-state index in [2.05, 4.69) is 23.9 Å². The largest absolute Gasteiger partial charge is 0.396 e. The van der Waals surface area contributed by atoms with Crippen molar-refractivity contribution in [1.29, 1.82) is 0 Å². The van der Waals surface area contributed by atoms with Gasteiger partial charge in [-0.1, -0.05) is 20.8 Å². The summed E-state index contributed by atoms with van der Waals surface area (Å²) in [5.41, 5.74) is 0. The van der Waals surface area contributed by atoms with E-state index >= 15 is 0 Å². The average Bonchev–Trinajstić information content (AvgIpc) is 2.52. The average molecular weight is 197 g/mol. The zero-order valence-corrected chi connectivity index (χ0v) is 9.14. The fraction of sp³-hybridized carbons (Fsp3) is 0.800. The van der Waals surface area contributed by atoms with Crippen molar-refractivity contribution in [2.75, 3.05) is 6.61 Å². The van der Waals surface area contributed by atoms with Gasteiger partial charge in [0, 0.05) is 19.6 Å². The molecule has 0 saturated carbocycles. The molecular weight excluding hydrogens is 178 g/mol. The molecule has 0 bridgehead atoms. The second-order valence-corrected chi connectivity index (χ2v) is 4.24. The molecule has 0 aliphatic rings. The van der Waals surface area contributed by atoms with Gasteiger partial charge in [0.2, 0.25) is 0 Å². The lowest BCUT2D eigenvalue weighted by atomic mass is 10.1. The Morgan fingerprint density at radius 2 is 2.14 bits per heavy atom. The van der Waals surface area contributed by atoms with Gasteiger partial charge in [0.05, 0.1) is 0 Å². The Bertz CT molecular complexity index is 270. The number of aliphatic hydroxyl groups excluding tert-OH is 1. The summed E-state index contributed by atoms with van der Waals surface area (Å²) in [4.78, 5) is 4.20. The van der Waals surface area contributed by atoms with Crippen LogP contribution in [-0.2, 0) is 13.0 Å². The molecule has 0 aliphatic heterocycles. The molecular formula is C10H19N3O. The highest BCUT2D eigenvalue weighted by atomic mass is 16.3. The van der Waals surface area contributed by atoms with Crippen LogP contribution in [0, 0.1) is 11.8 Å². The molecule has 1 aromatic rings. The van der Waals surface area contributed by atoms with Crippen molar-refractivity contribution >= 4 is 0 Å². The van der Waals surface area contributed by atoms with Gasteiger partial charge in [-0.3, -0.25) is 0 Å². The summed E-state index contributed by atoms with van der Waals surface area (Å²) >= 11 is 0. The van der Waals surface area contributed by atoms with Crippen molar-refractivity contribution in [3.05, 3.63) is 12.2 Å². The van der Waals surface area contributed by atoms with Crippen molar-refractivity contribution in [3.8, 4) is 0 Å². The van der Waals surface area contributed by atoms with E-state index in [1.54, 1.807) is 6.33 Å². The van der Waals surface area contributed by atoms with E-state index < -0.39 is 0 Å². The number of aliphatic hydroxyl groups is 1. The van der Waals surface area contributed by atoms with Crippen molar-refractivity contribution in [2.45, 2.75) is 33.7 Å². The van der Waals surface area contributed by atoms with E-state index in [1.807, 2.05) is 11.6 Å². The summed E-state index contributed by atoms with van der Waals surface area (Å²) in [6, 6.07) is 0. The molecule has 4 nitrogen and oxygen atoms in total. The van der Waals surface area contributed by atoms with Crippen LogP contribution < -0.4 is 0 Å². The van der Waals surface area contributed by atoms with Gasteiger partial charge in [0.15, 0.2) is 0 Å². The van der Waals surface area contributed by atoms with Gasteiger partial charge >= 0.3 is 0 Å². The molecule has 1 aromatic heterocycles. The van der Waals surface area contributed by atoms with Crippen molar-refractivity contribution in [1.82, 2.24) is 14.8 Å². The van der Waals surface area contributed by atoms with Crippen LogP contribution in [0.2, 0.25) is 0 Å². The first-order valence-electron chi connectivity index (χ1n) is 5.11. The van der Waals surface area contributed by atoms with Crippen LogP contribution in [0.15, 0.2) is 6.33 Å². The Hall–Kier alpha value is -0.900. The molecule has 0 spiro atoms. The van der Waals surface area contributed by atoms with Gasteiger partial charge in [-0.2, -0.15) is 5.10 Å². The Morgan fingerprint density at radius 3 is 2.71 bits per heavy atom. The van der Waals surface area contributed by atoms with Gasteiger partial charge in [-0.15, -0.1) is 0 Å². The van der Waals surface area contributed by atoms with E-state index in [0.717, 1.165) is 18.8 Å². The van der Waals surface area contributed by atoms with Crippen LogP contribution in [0.1, 0.15) is 26.6 Å². The highest BCUT2D eigenvalue weighted by Crippen LogP contribution is 2.06. The first-order chi connectivity index (χ1) is 6.63. The molecule has 80 valence electrons. The molecule has 1 unspecified atom stereocenters. The fourth-order valence-corrected chi connectivity index (χ4v) is 1.32. The molecule has 1 heterocycles. The molecule has 14 heavy (non-hydrogen) atoms. The van der Waals surface area contributed by atoms with Crippen molar-refractivity contribution < 1.29 is 5.11 Å². The maximum Gasteiger partial charge on any atom is 0.138 e. The van der Waals surface area contributed by atoms with Gasteiger partial charge in [-0.25, -0.2) is 9.67 Å². The van der Waals surface area contributed by atoms with Gasteiger partial charge in [-0.05, 0) is 11.8 Å². The molecule has 0 amide bonds. The number of hydrogen-bond acceptors (Lipinski definition) is 3. The summed E-state index contributed by atoms with van der Waals surface area (Å²) in [6.45, 7) is 7.41. The smallest absolute Gasteiger partial charge is 0.138 e. The monoisotopic (exact) mass is 197 g/mol. The van der Waals surface area contributed by atoms with Crippen molar-refractivity contribution in [3.63, 3.8) is 0 Å². The summed E-state index contributed by atoms with van der Waals surface area (Å²) in [6.07, 6.45) is 2.38. The number of aromatic nitrogens is 3. The minimum Gasteiger partial charge on any atom is -0.396 e. The van der Waals surface area contributed by atoms with Gasteiger partial charge in [0.25, 0.3) is 0 Å². The van der Waals surface area contributed by atoms with E-state index in [4.69, 9.17) is 5.11 Å². The molecule has 0 aliphatic carbocycles. The fourth-order valence-electron chi connectivity index (χ4n) is 1.32. The number of hydrogen-bond donors (Lipinski definition) is 1. The highest BCUT2D eigenvalue weighted by Gasteiger charge is 2.09. The van der Waals surface area contributed by atoms with E-state index in [0.29, 0.717) is 5.92 Å². The summed E-state index contributed by atoms with van der Waals surface area (Å²) in [7, 11) is 0. The normalized spacial score (nSPS) is 13.5. The summed E-state index contributed by atoms with van der Waals surface area (Å²) < 4.78 is 1.93.